The van der Waals surface area contributed by atoms with Crippen molar-refractivity contribution >= 4 is 17.7 Å². The molecule has 2 nitrogen and oxygen atoms in total. The van der Waals surface area contributed by atoms with Gasteiger partial charge < -0.3 is 4.90 Å². The predicted octanol–water partition coefficient (Wildman–Crippen LogP) is 3.07. The van der Waals surface area contributed by atoms with Crippen molar-refractivity contribution in [3.05, 3.63) is 35.6 Å². The summed E-state index contributed by atoms with van der Waals surface area (Å²) in [7, 11) is 0. The third-order valence-electron chi connectivity index (χ3n) is 3.15. The van der Waals surface area contributed by atoms with Crippen LogP contribution < -0.4 is 0 Å². The highest BCUT2D eigenvalue weighted by molar-refractivity contribution is 7.99. The molecule has 18 heavy (non-hydrogen) atoms. The van der Waals surface area contributed by atoms with E-state index in [0.717, 1.165) is 25.9 Å². The normalized spacial score (nSPS) is 15.7. The lowest BCUT2D eigenvalue weighted by Gasteiger charge is -2.26. The van der Waals surface area contributed by atoms with Crippen LogP contribution in [0.25, 0.3) is 0 Å². The number of amides is 1. The van der Waals surface area contributed by atoms with E-state index in [4.69, 9.17) is 0 Å². The van der Waals surface area contributed by atoms with Crippen LogP contribution in [-0.2, 0) is 10.5 Å². The molecular weight excluding hydrogens is 249 g/mol. The molecule has 4 heteroatoms. The summed E-state index contributed by atoms with van der Waals surface area (Å²) in [4.78, 5) is 13.8. The molecule has 1 fully saturated rings. The summed E-state index contributed by atoms with van der Waals surface area (Å²) in [5, 5.41) is 0. The van der Waals surface area contributed by atoms with E-state index in [0.29, 0.717) is 17.1 Å². The number of carbonyl (C=O) groups excluding carboxylic acids is 1. The van der Waals surface area contributed by atoms with Crippen LogP contribution in [0.2, 0.25) is 0 Å². The summed E-state index contributed by atoms with van der Waals surface area (Å²) < 4.78 is 13.4. The lowest BCUT2D eigenvalue weighted by atomic mass is 10.1. The summed E-state index contributed by atoms with van der Waals surface area (Å²) in [6.45, 7) is 1.78. The van der Waals surface area contributed by atoms with Crippen molar-refractivity contribution < 1.29 is 9.18 Å². The number of hydrogen-bond donors (Lipinski definition) is 0. The molecule has 1 amide bonds. The topological polar surface area (TPSA) is 20.3 Å². The monoisotopic (exact) mass is 267 g/mol. The van der Waals surface area contributed by atoms with E-state index >= 15 is 0 Å². The number of benzene rings is 1. The first kappa shape index (κ1) is 13.4. The summed E-state index contributed by atoms with van der Waals surface area (Å²) in [6, 6.07) is 6.74. The zero-order valence-corrected chi connectivity index (χ0v) is 11.2. The number of carbonyl (C=O) groups is 1. The highest BCUT2D eigenvalue weighted by Crippen LogP contribution is 2.17. The van der Waals surface area contributed by atoms with Crippen molar-refractivity contribution in [3.63, 3.8) is 0 Å². The van der Waals surface area contributed by atoms with Crippen LogP contribution in [0.15, 0.2) is 24.3 Å². The van der Waals surface area contributed by atoms with Gasteiger partial charge in [0.1, 0.15) is 5.82 Å². The standard InChI is InChI=1S/C14H18FNOS/c15-13-7-3-2-6-12(13)10-18-11-14(17)16-8-4-1-5-9-16/h2-3,6-7H,1,4-5,8-11H2. The van der Waals surface area contributed by atoms with Gasteiger partial charge in [-0.1, -0.05) is 18.2 Å². The van der Waals surface area contributed by atoms with Gasteiger partial charge in [0.05, 0.1) is 5.75 Å². The van der Waals surface area contributed by atoms with Crippen molar-refractivity contribution in [1.82, 2.24) is 4.90 Å². The second-order valence-electron chi connectivity index (χ2n) is 4.53. The fourth-order valence-electron chi connectivity index (χ4n) is 2.10. The zero-order chi connectivity index (χ0) is 12.8. The molecule has 0 radical (unpaired) electrons. The van der Waals surface area contributed by atoms with Crippen molar-refractivity contribution in [2.75, 3.05) is 18.8 Å². The number of piperidine rings is 1. The molecule has 1 heterocycles. The Balaban J connectivity index is 1.75. The number of nitrogens with zero attached hydrogens (tertiary/aromatic N) is 1. The molecule has 2 rings (SSSR count). The molecule has 1 aliphatic heterocycles. The fraction of sp³-hybridized carbons (Fsp3) is 0.500. The Morgan fingerprint density at radius 2 is 1.94 bits per heavy atom. The van der Waals surface area contributed by atoms with Gasteiger partial charge in [0.15, 0.2) is 0 Å². The molecule has 0 bridgehead atoms. The van der Waals surface area contributed by atoms with Crippen LogP contribution >= 0.6 is 11.8 Å². The number of halogens is 1. The maximum atomic E-state index is 13.4. The molecule has 98 valence electrons. The van der Waals surface area contributed by atoms with Gasteiger partial charge >= 0.3 is 0 Å². The van der Waals surface area contributed by atoms with E-state index in [1.165, 1.54) is 24.2 Å². The zero-order valence-electron chi connectivity index (χ0n) is 10.4. The summed E-state index contributed by atoms with van der Waals surface area (Å²) >= 11 is 1.49. The molecule has 1 aromatic carbocycles. The third kappa shape index (κ3) is 3.73. The number of thioether (sulfide) groups is 1. The molecule has 0 saturated carbocycles. The van der Waals surface area contributed by atoms with E-state index in [1.54, 1.807) is 12.1 Å². The second-order valence-corrected chi connectivity index (χ2v) is 5.51. The Labute approximate surface area is 112 Å². The van der Waals surface area contributed by atoms with Crippen molar-refractivity contribution in [3.8, 4) is 0 Å². The first-order valence-electron chi connectivity index (χ1n) is 6.36. The smallest absolute Gasteiger partial charge is 0.232 e. The lowest BCUT2D eigenvalue weighted by Crippen LogP contribution is -2.36. The molecule has 0 atom stereocenters. The van der Waals surface area contributed by atoms with Crippen molar-refractivity contribution in [2.24, 2.45) is 0 Å². The lowest BCUT2D eigenvalue weighted by molar-refractivity contribution is -0.129. The van der Waals surface area contributed by atoms with E-state index in [-0.39, 0.29) is 11.7 Å². The average Bonchev–Trinajstić information content (AvgIpc) is 2.42. The summed E-state index contributed by atoms with van der Waals surface area (Å²) in [5.74, 6) is 1.02. The SMILES string of the molecule is O=C(CSCc1ccccc1F)N1CCCCC1. The highest BCUT2D eigenvalue weighted by atomic mass is 32.2. The molecule has 1 saturated heterocycles. The molecule has 0 N–H and O–H groups in total. The van der Waals surface area contributed by atoms with Gasteiger partial charge in [-0.05, 0) is 30.9 Å². The van der Waals surface area contributed by atoms with Crippen LogP contribution in [-0.4, -0.2) is 29.6 Å². The number of rotatable bonds is 4. The van der Waals surface area contributed by atoms with E-state index in [9.17, 15) is 9.18 Å². The van der Waals surface area contributed by atoms with Gasteiger partial charge in [-0.3, -0.25) is 4.79 Å². The Bertz CT molecular complexity index is 405. The van der Waals surface area contributed by atoms with Crippen LogP contribution in [0.1, 0.15) is 24.8 Å². The molecule has 1 aliphatic rings. The number of likely N-dealkylation sites (tertiary alicyclic amines) is 1. The van der Waals surface area contributed by atoms with Gasteiger partial charge in [0, 0.05) is 18.8 Å². The molecular formula is C14H18FNOS. The van der Waals surface area contributed by atoms with Crippen molar-refractivity contribution in [2.45, 2.75) is 25.0 Å². The summed E-state index contributed by atoms with van der Waals surface area (Å²) in [6.07, 6.45) is 3.46. The van der Waals surface area contributed by atoms with Crippen LogP contribution in [0.3, 0.4) is 0 Å². The summed E-state index contributed by atoms with van der Waals surface area (Å²) in [5.41, 5.74) is 0.675. The molecule has 0 aromatic heterocycles. The number of hydrogen-bond acceptors (Lipinski definition) is 2. The molecule has 0 aliphatic carbocycles. The maximum Gasteiger partial charge on any atom is 0.232 e. The Hall–Kier alpha value is -1.03. The quantitative estimate of drug-likeness (QED) is 0.835. The molecule has 0 spiro atoms. The minimum atomic E-state index is -0.185. The Kier molecular flexibility index (Phi) is 5.05. The van der Waals surface area contributed by atoms with E-state index in [2.05, 4.69) is 0 Å². The second kappa shape index (κ2) is 6.78. The fourth-order valence-corrected chi connectivity index (χ4v) is 3.01. The Morgan fingerprint density at radius 3 is 2.67 bits per heavy atom. The first-order valence-corrected chi connectivity index (χ1v) is 7.52. The predicted molar refractivity (Wildman–Crippen MR) is 73.0 cm³/mol. The molecule has 0 unspecified atom stereocenters. The van der Waals surface area contributed by atoms with Gasteiger partial charge in [-0.2, -0.15) is 0 Å². The Morgan fingerprint density at radius 1 is 1.22 bits per heavy atom. The van der Waals surface area contributed by atoms with Gasteiger partial charge in [0.2, 0.25) is 5.91 Å². The third-order valence-corrected chi connectivity index (χ3v) is 4.12. The molecule has 1 aromatic rings. The van der Waals surface area contributed by atoms with Crippen molar-refractivity contribution in [1.29, 1.82) is 0 Å². The van der Waals surface area contributed by atoms with Gasteiger partial charge in [0.25, 0.3) is 0 Å². The maximum absolute atomic E-state index is 13.4. The van der Waals surface area contributed by atoms with Gasteiger partial charge in [-0.25, -0.2) is 4.39 Å². The highest BCUT2D eigenvalue weighted by Gasteiger charge is 2.16. The van der Waals surface area contributed by atoms with Gasteiger partial charge in [-0.15, -0.1) is 11.8 Å². The van der Waals surface area contributed by atoms with Crippen LogP contribution in [0.5, 0.6) is 0 Å². The van der Waals surface area contributed by atoms with Crippen LogP contribution in [0, 0.1) is 5.82 Å². The average molecular weight is 267 g/mol. The first-order chi connectivity index (χ1) is 8.77. The minimum absolute atomic E-state index is 0.185. The van der Waals surface area contributed by atoms with E-state index in [1.807, 2.05) is 11.0 Å². The van der Waals surface area contributed by atoms with E-state index < -0.39 is 0 Å². The largest absolute Gasteiger partial charge is 0.342 e. The van der Waals surface area contributed by atoms with Crippen LogP contribution in [0.4, 0.5) is 4.39 Å². The minimum Gasteiger partial charge on any atom is -0.342 e.